The molecule has 27 heavy (non-hydrogen) atoms. The van der Waals surface area contributed by atoms with Crippen molar-refractivity contribution in [2.45, 2.75) is 24.0 Å². The maximum absolute atomic E-state index is 12.7. The third kappa shape index (κ3) is 3.57. The highest BCUT2D eigenvalue weighted by atomic mass is 32.2. The maximum Gasteiger partial charge on any atom is 0.279 e. The number of carbonyl (C=O) groups excluding carboxylic acids is 1. The minimum Gasteiger partial charge on any atom is -0.319 e. The largest absolute Gasteiger partial charge is 0.319 e. The van der Waals surface area contributed by atoms with E-state index in [4.69, 9.17) is 0 Å². The lowest BCUT2D eigenvalue weighted by atomic mass is 10.1. The molecule has 0 bridgehead atoms. The number of hydrogen-bond donors (Lipinski definition) is 0. The molecular weight excluding hydrogens is 372 g/mol. The highest BCUT2D eigenvalue weighted by Crippen LogP contribution is 2.26. The normalized spacial score (nSPS) is 12.4. The Hall–Kier alpha value is -2.37. The summed E-state index contributed by atoms with van der Waals surface area (Å²) < 4.78 is 3.15. The average molecular weight is 393 g/mol. The monoisotopic (exact) mass is 392 g/mol. The second-order valence-electron chi connectivity index (χ2n) is 6.69. The van der Waals surface area contributed by atoms with Crippen molar-refractivity contribution in [3.8, 4) is 0 Å². The van der Waals surface area contributed by atoms with Crippen LogP contribution in [0.2, 0.25) is 0 Å². The van der Waals surface area contributed by atoms with Gasteiger partial charge in [0.15, 0.2) is 4.80 Å². The van der Waals surface area contributed by atoms with Gasteiger partial charge in [0.25, 0.3) is 5.91 Å². The molecule has 0 atom stereocenters. The number of benzene rings is 3. The molecule has 0 saturated heterocycles. The van der Waals surface area contributed by atoms with Crippen LogP contribution in [0, 0.1) is 0 Å². The fraction of sp³-hybridized carbons (Fsp3) is 0.182. The van der Waals surface area contributed by atoms with Gasteiger partial charge >= 0.3 is 0 Å². The predicted molar refractivity (Wildman–Crippen MR) is 116 cm³/mol. The quantitative estimate of drug-likeness (QED) is 0.423. The molecule has 0 saturated carbocycles. The Bertz CT molecular complexity index is 1200. The number of aromatic nitrogens is 1. The fourth-order valence-electron chi connectivity index (χ4n) is 3.12. The minimum atomic E-state index is -0.206. The Balaban J connectivity index is 1.75. The van der Waals surface area contributed by atoms with Crippen molar-refractivity contribution in [1.29, 1.82) is 0 Å². The van der Waals surface area contributed by atoms with Gasteiger partial charge in [-0.1, -0.05) is 55.5 Å². The molecule has 0 fully saturated rings. The summed E-state index contributed by atoms with van der Waals surface area (Å²) in [5.41, 5.74) is 1.73. The summed E-state index contributed by atoms with van der Waals surface area (Å²) in [6.07, 6.45) is 0. The predicted octanol–water partition coefficient (Wildman–Crippen LogP) is 5.63. The molecule has 4 rings (SSSR count). The zero-order chi connectivity index (χ0) is 19.0. The molecule has 0 N–H and O–H groups in total. The van der Waals surface area contributed by atoms with Gasteiger partial charge in [-0.25, -0.2) is 0 Å². The van der Waals surface area contributed by atoms with Crippen LogP contribution < -0.4 is 4.80 Å². The Kier molecular flexibility index (Phi) is 4.89. The van der Waals surface area contributed by atoms with Crippen LogP contribution in [0.4, 0.5) is 0 Å². The van der Waals surface area contributed by atoms with Crippen molar-refractivity contribution in [3.05, 3.63) is 71.0 Å². The number of thioether (sulfide) groups is 1. The third-order valence-corrected chi connectivity index (χ3v) is 6.47. The van der Waals surface area contributed by atoms with Crippen LogP contribution in [0.15, 0.2) is 70.6 Å². The third-order valence-electron chi connectivity index (χ3n) is 4.36. The summed E-state index contributed by atoms with van der Waals surface area (Å²) in [5, 5.41) is 2.89. The maximum atomic E-state index is 12.7. The van der Waals surface area contributed by atoms with Crippen molar-refractivity contribution >= 4 is 50.0 Å². The summed E-state index contributed by atoms with van der Waals surface area (Å²) in [6, 6.07) is 20.2. The van der Waals surface area contributed by atoms with Crippen molar-refractivity contribution in [2.24, 2.45) is 12.0 Å². The van der Waals surface area contributed by atoms with E-state index in [2.05, 4.69) is 43.1 Å². The first-order chi connectivity index (χ1) is 13.0. The lowest BCUT2D eigenvalue weighted by Gasteiger charge is -2.04. The van der Waals surface area contributed by atoms with Crippen LogP contribution in [0.5, 0.6) is 0 Å². The van der Waals surface area contributed by atoms with Gasteiger partial charge in [-0.15, -0.1) is 11.8 Å². The molecule has 3 nitrogen and oxygen atoms in total. The number of rotatable bonds is 3. The lowest BCUT2D eigenvalue weighted by Crippen LogP contribution is -2.13. The van der Waals surface area contributed by atoms with Gasteiger partial charge < -0.3 is 4.57 Å². The SMILES string of the molecule is CC(C)Sc1ccc(C(=O)N=c2sc3ccc4ccccc4c3n2C)cc1. The molecule has 0 aliphatic heterocycles. The number of fused-ring (bicyclic) bond motifs is 3. The number of amides is 1. The van der Waals surface area contributed by atoms with Crippen LogP contribution in [-0.2, 0) is 7.05 Å². The highest BCUT2D eigenvalue weighted by molar-refractivity contribution is 7.99. The molecule has 3 aromatic carbocycles. The molecule has 1 amide bonds. The minimum absolute atomic E-state index is 0.206. The van der Waals surface area contributed by atoms with Crippen LogP contribution in [0.1, 0.15) is 24.2 Å². The Morgan fingerprint density at radius 1 is 1.04 bits per heavy atom. The Morgan fingerprint density at radius 3 is 2.52 bits per heavy atom. The summed E-state index contributed by atoms with van der Waals surface area (Å²) >= 11 is 3.33. The average Bonchev–Trinajstić information content (AvgIpc) is 2.98. The molecule has 5 heteroatoms. The zero-order valence-electron chi connectivity index (χ0n) is 15.5. The van der Waals surface area contributed by atoms with Gasteiger partial charge in [0, 0.05) is 28.1 Å². The molecule has 0 radical (unpaired) electrons. The number of thiazole rings is 1. The van der Waals surface area contributed by atoms with E-state index >= 15 is 0 Å². The summed E-state index contributed by atoms with van der Waals surface area (Å²) in [5.74, 6) is -0.206. The standard InChI is InChI=1S/C22H20N2OS2/c1-14(2)26-17-11-8-16(9-12-17)21(25)23-22-24(3)20-18-7-5-4-6-15(18)10-13-19(20)27-22/h4-14H,1-3H3. The van der Waals surface area contributed by atoms with Crippen LogP contribution >= 0.6 is 23.1 Å². The van der Waals surface area contributed by atoms with Crippen molar-refractivity contribution < 1.29 is 4.79 Å². The zero-order valence-corrected chi connectivity index (χ0v) is 17.1. The number of nitrogens with zero attached hydrogens (tertiary/aromatic N) is 2. The molecule has 1 heterocycles. The fourth-order valence-corrected chi connectivity index (χ4v) is 4.99. The molecule has 0 aliphatic carbocycles. The van der Waals surface area contributed by atoms with Crippen molar-refractivity contribution in [1.82, 2.24) is 4.57 Å². The van der Waals surface area contributed by atoms with E-state index in [0.29, 0.717) is 15.6 Å². The first-order valence-electron chi connectivity index (χ1n) is 8.86. The van der Waals surface area contributed by atoms with Crippen LogP contribution in [0.25, 0.3) is 21.0 Å². The van der Waals surface area contributed by atoms with E-state index in [1.165, 1.54) is 15.7 Å². The smallest absolute Gasteiger partial charge is 0.279 e. The number of carbonyl (C=O) groups is 1. The van der Waals surface area contributed by atoms with E-state index in [0.717, 1.165) is 10.2 Å². The molecule has 0 spiro atoms. The summed E-state index contributed by atoms with van der Waals surface area (Å²) in [4.78, 5) is 18.9. The summed E-state index contributed by atoms with van der Waals surface area (Å²) in [6.45, 7) is 4.31. The number of hydrogen-bond acceptors (Lipinski definition) is 3. The second kappa shape index (κ2) is 7.33. The first kappa shape index (κ1) is 18.0. The van der Waals surface area contributed by atoms with Gasteiger partial charge in [-0.3, -0.25) is 4.79 Å². The molecule has 0 unspecified atom stereocenters. The topological polar surface area (TPSA) is 34.4 Å². The van der Waals surface area contributed by atoms with Gasteiger partial charge in [-0.2, -0.15) is 4.99 Å². The van der Waals surface area contributed by atoms with E-state index in [-0.39, 0.29) is 5.91 Å². The van der Waals surface area contributed by atoms with Gasteiger partial charge in [-0.05, 0) is 35.7 Å². The van der Waals surface area contributed by atoms with Gasteiger partial charge in [0.1, 0.15) is 0 Å². The highest BCUT2D eigenvalue weighted by Gasteiger charge is 2.10. The van der Waals surface area contributed by atoms with Gasteiger partial charge in [0.05, 0.1) is 10.2 Å². The van der Waals surface area contributed by atoms with Gasteiger partial charge in [0.2, 0.25) is 0 Å². The van der Waals surface area contributed by atoms with Crippen molar-refractivity contribution in [2.75, 3.05) is 0 Å². The molecular formula is C22H20N2OS2. The molecule has 136 valence electrons. The molecule has 1 aromatic heterocycles. The van der Waals surface area contributed by atoms with E-state index in [9.17, 15) is 4.79 Å². The molecule has 4 aromatic rings. The lowest BCUT2D eigenvalue weighted by molar-refractivity contribution is 0.0998. The van der Waals surface area contributed by atoms with Crippen LogP contribution in [-0.4, -0.2) is 15.7 Å². The van der Waals surface area contributed by atoms with E-state index < -0.39 is 0 Å². The Labute approximate surface area is 166 Å². The molecule has 0 aliphatic rings. The second-order valence-corrected chi connectivity index (χ2v) is 9.34. The van der Waals surface area contributed by atoms with Crippen LogP contribution in [0.3, 0.4) is 0 Å². The van der Waals surface area contributed by atoms with Crippen molar-refractivity contribution in [3.63, 3.8) is 0 Å². The summed E-state index contributed by atoms with van der Waals surface area (Å²) in [7, 11) is 1.97. The number of aryl methyl sites for hydroxylation is 1. The first-order valence-corrected chi connectivity index (χ1v) is 10.6. The Morgan fingerprint density at radius 2 is 1.78 bits per heavy atom. The van der Waals surface area contributed by atoms with E-state index in [1.54, 1.807) is 23.1 Å². The van der Waals surface area contributed by atoms with E-state index in [1.807, 2.05) is 48.0 Å².